The highest BCUT2D eigenvalue weighted by Gasteiger charge is 2.91. The first-order valence-electron chi connectivity index (χ1n) is 21.0. The van der Waals surface area contributed by atoms with Crippen LogP contribution in [0, 0.1) is 41.4 Å². The Hall–Kier alpha value is -2.72. The minimum Gasteiger partial charge on any atom is -0.458 e. The zero-order valence-corrected chi connectivity index (χ0v) is 33.4. The maximum Gasteiger partial charge on any atom is 0.331 e. The summed E-state index contributed by atoms with van der Waals surface area (Å²) in [5, 5.41) is 63.1. The lowest BCUT2D eigenvalue weighted by molar-refractivity contribution is -0.595. The van der Waals surface area contributed by atoms with E-state index >= 15 is 0 Å². The molecule has 13 nitrogen and oxygen atoms in total. The Morgan fingerprint density at radius 2 is 1.65 bits per heavy atom. The molecule has 312 valence electrons. The molecule has 57 heavy (non-hydrogen) atoms. The Bertz CT molecular complexity index is 1810. The van der Waals surface area contributed by atoms with Gasteiger partial charge in [-0.25, -0.2) is 4.79 Å². The van der Waals surface area contributed by atoms with Crippen LogP contribution in [0.3, 0.4) is 0 Å². The van der Waals surface area contributed by atoms with E-state index in [-0.39, 0.29) is 43.0 Å². The summed E-state index contributed by atoms with van der Waals surface area (Å²) in [6.07, 6.45) is 2.84. The third kappa shape index (κ3) is 5.45. The van der Waals surface area contributed by atoms with E-state index in [1.165, 1.54) is 12.2 Å². The molecule has 0 aromatic heterocycles. The van der Waals surface area contributed by atoms with Gasteiger partial charge in [0.15, 0.2) is 0 Å². The Kier molecular flexibility index (Phi) is 9.33. The van der Waals surface area contributed by atoms with Crippen molar-refractivity contribution in [3.05, 3.63) is 60.2 Å². The average Bonchev–Trinajstić information content (AvgIpc) is 3.86. The van der Waals surface area contributed by atoms with Gasteiger partial charge in [-0.15, -0.1) is 0 Å². The van der Waals surface area contributed by atoms with Gasteiger partial charge in [0.1, 0.15) is 53.4 Å². The maximum absolute atomic E-state index is 13.7. The molecular formula is C44H58O13. The maximum atomic E-state index is 13.7. The first-order valence-corrected chi connectivity index (χ1v) is 21.0. The number of epoxide rings is 1. The quantitative estimate of drug-likeness (QED) is 0.216. The van der Waals surface area contributed by atoms with E-state index in [1.807, 2.05) is 45.9 Å². The van der Waals surface area contributed by atoms with Gasteiger partial charge in [0.05, 0.1) is 17.8 Å². The zero-order valence-electron chi connectivity index (χ0n) is 33.4. The molecule has 8 fully saturated rings. The van der Waals surface area contributed by atoms with E-state index < -0.39 is 107 Å². The Balaban J connectivity index is 1.20. The van der Waals surface area contributed by atoms with Crippen LogP contribution in [-0.2, 0) is 44.0 Å². The Labute approximate surface area is 333 Å². The van der Waals surface area contributed by atoms with Gasteiger partial charge in [0.25, 0.3) is 0 Å². The molecule has 1 aromatic rings. The highest BCUT2D eigenvalue weighted by molar-refractivity contribution is 5.82. The van der Waals surface area contributed by atoms with Gasteiger partial charge < -0.3 is 54.0 Å². The highest BCUT2D eigenvalue weighted by Crippen LogP contribution is 2.75. The summed E-state index contributed by atoms with van der Waals surface area (Å²) in [7, 11) is 0. The summed E-state index contributed by atoms with van der Waals surface area (Å²) in [6.45, 7) is 8.55. The molecule has 12 rings (SSSR count). The molecule has 11 bridgehead atoms. The number of esters is 2. The smallest absolute Gasteiger partial charge is 0.331 e. The molecule has 4 aliphatic carbocycles. The summed E-state index contributed by atoms with van der Waals surface area (Å²) in [5.74, 6) is -5.95. The lowest BCUT2D eigenvalue weighted by Crippen LogP contribution is -2.89. The fraction of sp³-hybridized carbons (Fsp3) is 0.727. The lowest BCUT2D eigenvalue weighted by Gasteiger charge is -2.74. The van der Waals surface area contributed by atoms with Crippen molar-refractivity contribution in [1.82, 2.24) is 0 Å². The lowest BCUT2D eigenvalue weighted by atomic mass is 9.49. The van der Waals surface area contributed by atoms with Crippen molar-refractivity contribution in [2.75, 3.05) is 6.61 Å². The number of aliphatic hydroxyl groups excluding tert-OH is 2. The first kappa shape index (κ1) is 39.7. The number of carbonyl (C=O) groups excluding carboxylic acids is 2. The second kappa shape index (κ2) is 13.4. The molecule has 1 unspecified atom stereocenters. The molecule has 13 heteroatoms. The number of hydrogen-bond acceptors (Lipinski definition) is 13. The second-order valence-electron chi connectivity index (χ2n) is 19.2. The molecule has 1 aromatic carbocycles. The van der Waals surface area contributed by atoms with Crippen molar-refractivity contribution >= 4 is 11.9 Å². The molecule has 7 aliphatic heterocycles. The number of ether oxygens (including phenoxy) is 6. The molecule has 4 saturated carbocycles. The minimum atomic E-state index is -2.21. The number of benzene rings is 1. The topological polar surface area (TPSA) is 194 Å². The van der Waals surface area contributed by atoms with Gasteiger partial charge in [-0.3, -0.25) is 4.79 Å². The number of carbonyl (C=O) groups is 2. The number of fused-ring (bicyclic) bond motifs is 2. The molecule has 5 N–H and O–H groups in total. The van der Waals surface area contributed by atoms with Crippen LogP contribution in [0.4, 0.5) is 0 Å². The van der Waals surface area contributed by atoms with Crippen LogP contribution in [0.5, 0.6) is 0 Å². The van der Waals surface area contributed by atoms with Crippen molar-refractivity contribution < 1.29 is 63.5 Å². The van der Waals surface area contributed by atoms with Crippen molar-refractivity contribution in [3.8, 4) is 0 Å². The second-order valence-corrected chi connectivity index (χ2v) is 19.2. The Morgan fingerprint density at radius 1 is 0.947 bits per heavy atom. The van der Waals surface area contributed by atoms with Crippen molar-refractivity contribution in [3.63, 3.8) is 0 Å². The van der Waals surface area contributed by atoms with E-state index in [9.17, 15) is 35.1 Å². The largest absolute Gasteiger partial charge is 0.458 e. The van der Waals surface area contributed by atoms with Crippen LogP contribution in [-0.4, -0.2) is 109 Å². The van der Waals surface area contributed by atoms with Gasteiger partial charge in [0.2, 0.25) is 0 Å². The van der Waals surface area contributed by atoms with Gasteiger partial charge >= 0.3 is 17.9 Å². The summed E-state index contributed by atoms with van der Waals surface area (Å²) in [6, 6.07) is 9.06. The first-order chi connectivity index (χ1) is 27.0. The van der Waals surface area contributed by atoms with E-state index in [0.717, 1.165) is 0 Å². The monoisotopic (exact) mass is 794 g/mol. The van der Waals surface area contributed by atoms with Crippen LogP contribution in [0.2, 0.25) is 0 Å². The Morgan fingerprint density at radius 3 is 2.33 bits per heavy atom. The number of allylic oxidation sites excluding steroid dienone is 2. The average molecular weight is 795 g/mol. The summed E-state index contributed by atoms with van der Waals surface area (Å²) < 4.78 is 39.4. The van der Waals surface area contributed by atoms with Crippen molar-refractivity contribution in [2.24, 2.45) is 41.4 Å². The molecule has 11 aliphatic rings. The molecule has 0 radical (unpaired) electrons. The fourth-order valence-electron chi connectivity index (χ4n) is 12.8. The molecule has 7 heterocycles. The molecular weight excluding hydrogens is 736 g/mol. The standard InChI is InChI=1S/C44H58O13/c1-23(2)19-32(47)52-29-13-9-10-14-31(46)53-34-24(3)20-30-41(34,50)38(48)40(22-45)36(54-40)33-37-43(51,39(5,49)21-26-15-17-27(29)18-16-26)35-25(4)42(30,33)57-44(55-35,56-37)28-11-7-6-8-12-28/h6-14,23-27,29-30,33-38,45,48-51H,15-22H2,1-5H3/b13-9+,14-10+/t24-,25+,26?,27?,29-,30+,33-,34-,35-,36-,37+,38+,39+,40-,41+,42-,43-,44?/m0/s1. The normalized spacial score (nSPS) is 53.3. The van der Waals surface area contributed by atoms with Crippen LogP contribution in [0.15, 0.2) is 54.6 Å². The summed E-state index contributed by atoms with van der Waals surface area (Å²) in [5.41, 5.74) is -8.71. The van der Waals surface area contributed by atoms with Gasteiger partial charge in [0, 0.05) is 35.8 Å². The minimum absolute atomic E-state index is 0.00642. The molecule has 1 spiro atoms. The van der Waals surface area contributed by atoms with Gasteiger partial charge in [-0.2, -0.15) is 0 Å². The summed E-state index contributed by atoms with van der Waals surface area (Å²) >= 11 is 0. The third-order valence-electron chi connectivity index (χ3n) is 15.4. The summed E-state index contributed by atoms with van der Waals surface area (Å²) in [4.78, 5) is 26.6. The fourth-order valence-corrected chi connectivity index (χ4v) is 12.8. The molecule has 16 atom stereocenters. The predicted octanol–water partition coefficient (Wildman–Crippen LogP) is 3.18. The third-order valence-corrected chi connectivity index (χ3v) is 15.4. The van der Waals surface area contributed by atoms with Gasteiger partial charge in [-0.1, -0.05) is 70.2 Å². The van der Waals surface area contributed by atoms with Crippen LogP contribution in [0.25, 0.3) is 0 Å². The SMILES string of the molecule is CC(C)CC(=O)O[C@H]1/C=C/C=C/C(=O)O[C@H]2[C@@H](C)C[C@@H]3[C@]2(O)[C@H](O)[C@@]2(CO)O[C@H]2[C@H]2[C@H]4OC5(c6ccccc6)O[C@@H]([C@@H](C)[C@@]23O5)[C@@]4(O)[C@](C)(O)CC2CCC1CC2. The van der Waals surface area contributed by atoms with Crippen molar-refractivity contribution in [1.29, 1.82) is 0 Å². The number of hydrogen-bond donors (Lipinski definition) is 5. The van der Waals surface area contributed by atoms with Gasteiger partial charge in [-0.05, 0) is 75.2 Å². The van der Waals surface area contributed by atoms with Crippen LogP contribution >= 0.6 is 0 Å². The predicted molar refractivity (Wildman–Crippen MR) is 200 cm³/mol. The van der Waals surface area contributed by atoms with E-state index in [2.05, 4.69) is 0 Å². The van der Waals surface area contributed by atoms with Crippen molar-refractivity contribution in [2.45, 2.75) is 150 Å². The number of aliphatic hydroxyl groups is 5. The van der Waals surface area contributed by atoms with Crippen LogP contribution in [0.1, 0.15) is 85.1 Å². The molecule has 4 saturated heterocycles. The van der Waals surface area contributed by atoms with E-state index in [0.29, 0.717) is 31.2 Å². The molecule has 0 amide bonds. The number of rotatable bonds is 5. The van der Waals surface area contributed by atoms with E-state index in [4.69, 9.17) is 28.4 Å². The van der Waals surface area contributed by atoms with E-state index in [1.54, 1.807) is 31.2 Å². The highest BCUT2D eigenvalue weighted by atomic mass is 16.9. The van der Waals surface area contributed by atoms with Crippen LogP contribution < -0.4 is 0 Å². The zero-order chi connectivity index (χ0) is 40.5.